The average Bonchev–Trinajstić information content (AvgIpc) is 2.50. The van der Waals surface area contributed by atoms with Crippen LogP contribution in [0.25, 0.3) is 0 Å². The molecule has 1 N–H and O–H groups in total. The van der Waals surface area contributed by atoms with Crippen LogP contribution in [0.1, 0.15) is 11.1 Å². The molecule has 2 aromatic carbocycles. The van der Waals surface area contributed by atoms with Crippen molar-refractivity contribution in [2.24, 2.45) is 0 Å². The van der Waals surface area contributed by atoms with Gasteiger partial charge in [0.15, 0.2) is 0 Å². The fraction of sp³-hybridized carbons (Fsp3) is 0.250. The molecule has 0 atom stereocenters. The topological polar surface area (TPSA) is 64.6 Å². The van der Waals surface area contributed by atoms with E-state index < -0.39 is 10.0 Å². The van der Waals surface area contributed by atoms with Gasteiger partial charge in [0.05, 0.1) is 14.2 Å². The highest BCUT2D eigenvalue weighted by Crippen LogP contribution is 2.30. The Labute approximate surface area is 130 Å². The van der Waals surface area contributed by atoms with Crippen LogP contribution in [0, 0.1) is 13.8 Å². The number of nitrogens with one attached hydrogen (secondary N) is 1. The standard InChI is InChI=1S/C16H19NO4S/c1-11-5-6-13(9-12(11)2)17-22(18,19)16-8-7-14(20-3)10-15(16)21-4/h5-10,17H,1-4H3. The molecular formula is C16H19NO4S. The van der Waals surface area contributed by atoms with E-state index in [9.17, 15) is 8.42 Å². The smallest absolute Gasteiger partial charge is 0.265 e. The molecule has 0 bridgehead atoms. The highest BCUT2D eigenvalue weighted by Gasteiger charge is 2.20. The third-order valence-corrected chi connectivity index (χ3v) is 4.84. The van der Waals surface area contributed by atoms with Gasteiger partial charge in [0.25, 0.3) is 10.0 Å². The number of rotatable bonds is 5. The average molecular weight is 321 g/mol. The second kappa shape index (κ2) is 6.27. The van der Waals surface area contributed by atoms with Crippen LogP contribution in [0.15, 0.2) is 41.3 Å². The lowest BCUT2D eigenvalue weighted by Crippen LogP contribution is -2.14. The highest BCUT2D eigenvalue weighted by atomic mass is 32.2. The molecule has 0 amide bonds. The first-order chi connectivity index (χ1) is 10.4. The number of methoxy groups -OCH3 is 2. The van der Waals surface area contributed by atoms with E-state index in [1.807, 2.05) is 19.9 Å². The van der Waals surface area contributed by atoms with Crippen LogP contribution in [0.4, 0.5) is 5.69 Å². The number of sulfonamides is 1. The molecule has 5 nitrogen and oxygen atoms in total. The first kappa shape index (κ1) is 16.2. The summed E-state index contributed by atoms with van der Waals surface area (Å²) in [6.45, 7) is 3.90. The molecule has 0 aliphatic rings. The number of ether oxygens (including phenoxy) is 2. The molecule has 0 aliphatic heterocycles. The van der Waals surface area contributed by atoms with Crippen LogP contribution in [-0.4, -0.2) is 22.6 Å². The van der Waals surface area contributed by atoms with Gasteiger partial charge in [-0.1, -0.05) is 6.07 Å². The van der Waals surface area contributed by atoms with E-state index in [0.29, 0.717) is 11.4 Å². The number of anilines is 1. The van der Waals surface area contributed by atoms with Crippen molar-refractivity contribution in [2.75, 3.05) is 18.9 Å². The molecule has 0 saturated heterocycles. The van der Waals surface area contributed by atoms with Crippen LogP contribution in [-0.2, 0) is 10.0 Å². The molecule has 2 rings (SSSR count). The summed E-state index contributed by atoms with van der Waals surface area (Å²) in [5.74, 6) is 0.762. The summed E-state index contributed by atoms with van der Waals surface area (Å²) in [6, 6.07) is 9.98. The van der Waals surface area contributed by atoms with E-state index in [4.69, 9.17) is 9.47 Å². The second-order valence-electron chi connectivity index (χ2n) is 4.92. The van der Waals surface area contributed by atoms with Crippen LogP contribution < -0.4 is 14.2 Å². The Morgan fingerprint density at radius 1 is 0.909 bits per heavy atom. The summed E-state index contributed by atoms with van der Waals surface area (Å²) < 4.78 is 37.9. The molecule has 22 heavy (non-hydrogen) atoms. The van der Waals surface area contributed by atoms with E-state index in [-0.39, 0.29) is 10.6 Å². The first-order valence-electron chi connectivity index (χ1n) is 6.69. The van der Waals surface area contributed by atoms with Crippen molar-refractivity contribution in [1.82, 2.24) is 0 Å². The molecule has 0 aliphatic carbocycles. The van der Waals surface area contributed by atoms with Crippen LogP contribution in [0.3, 0.4) is 0 Å². The molecule has 0 unspecified atom stereocenters. The maximum absolute atomic E-state index is 12.5. The summed E-state index contributed by atoms with van der Waals surface area (Å²) in [6.07, 6.45) is 0. The van der Waals surface area contributed by atoms with Crippen LogP contribution in [0.5, 0.6) is 11.5 Å². The summed E-state index contributed by atoms with van der Waals surface area (Å²) in [5, 5.41) is 0. The number of hydrogen-bond donors (Lipinski definition) is 1. The van der Waals surface area contributed by atoms with Gasteiger partial charge in [-0.25, -0.2) is 8.42 Å². The lowest BCUT2D eigenvalue weighted by molar-refractivity contribution is 0.386. The fourth-order valence-electron chi connectivity index (χ4n) is 2.01. The van der Waals surface area contributed by atoms with Gasteiger partial charge in [0, 0.05) is 11.8 Å². The molecule has 0 fully saturated rings. The van der Waals surface area contributed by atoms with E-state index in [0.717, 1.165) is 11.1 Å². The van der Waals surface area contributed by atoms with Crippen molar-refractivity contribution in [2.45, 2.75) is 18.7 Å². The van der Waals surface area contributed by atoms with Crippen molar-refractivity contribution < 1.29 is 17.9 Å². The van der Waals surface area contributed by atoms with Gasteiger partial charge in [0.1, 0.15) is 16.4 Å². The third-order valence-electron chi connectivity index (χ3n) is 3.42. The Morgan fingerprint density at radius 2 is 1.64 bits per heavy atom. The summed E-state index contributed by atoms with van der Waals surface area (Å²) in [7, 11) is -0.811. The highest BCUT2D eigenvalue weighted by molar-refractivity contribution is 7.92. The minimum Gasteiger partial charge on any atom is -0.497 e. The van der Waals surface area contributed by atoms with Gasteiger partial charge in [-0.3, -0.25) is 4.72 Å². The first-order valence-corrected chi connectivity index (χ1v) is 8.18. The Morgan fingerprint density at radius 3 is 2.23 bits per heavy atom. The normalized spacial score (nSPS) is 11.1. The minimum absolute atomic E-state index is 0.0639. The molecule has 0 saturated carbocycles. The molecule has 0 heterocycles. The summed E-state index contributed by atoms with van der Waals surface area (Å²) in [4.78, 5) is 0.0639. The van der Waals surface area contributed by atoms with E-state index in [1.54, 1.807) is 18.2 Å². The van der Waals surface area contributed by atoms with Gasteiger partial charge < -0.3 is 9.47 Å². The second-order valence-corrected chi connectivity index (χ2v) is 6.57. The Balaban J connectivity index is 2.39. The van der Waals surface area contributed by atoms with E-state index >= 15 is 0 Å². The zero-order chi connectivity index (χ0) is 16.3. The number of hydrogen-bond acceptors (Lipinski definition) is 4. The largest absolute Gasteiger partial charge is 0.497 e. The van der Waals surface area contributed by atoms with Crippen LogP contribution >= 0.6 is 0 Å². The third kappa shape index (κ3) is 3.33. The number of aryl methyl sites for hydroxylation is 2. The summed E-state index contributed by atoms with van der Waals surface area (Å²) in [5.41, 5.74) is 2.63. The van der Waals surface area contributed by atoms with Crippen molar-refractivity contribution in [3.05, 3.63) is 47.5 Å². The van der Waals surface area contributed by atoms with Crippen LogP contribution in [0.2, 0.25) is 0 Å². The van der Waals surface area contributed by atoms with E-state index in [1.165, 1.54) is 26.4 Å². The van der Waals surface area contributed by atoms with Gasteiger partial charge in [-0.15, -0.1) is 0 Å². The quantitative estimate of drug-likeness (QED) is 0.919. The van der Waals surface area contributed by atoms with Crippen molar-refractivity contribution in [3.8, 4) is 11.5 Å². The maximum Gasteiger partial charge on any atom is 0.265 e. The number of benzene rings is 2. The predicted molar refractivity (Wildman–Crippen MR) is 86.3 cm³/mol. The predicted octanol–water partition coefficient (Wildman–Crippen LogP) is 3.12. The Hall–Kier alpha value is -2.21. The Kier molecular flexibility index (Phi) is 4.61. The van der Waals surface area contributed by atoms with Crippen molar-refractivity contribution in [3.63, 3.8) is 0 Å². The molecule has 118 valence electrons. The lowest BCUT2D eigenvalue weighted by atomic mass is 10.1. The Bertz CT molecular complexity index is 785. The zero-order valence-electron chi connectivity index (χ0n) is 13.0. The van der Waals surface area contributed by atoms with Gasteiger partial charge >= 0.3 is 0 Å². The molecule has 0 radical (unpaired) electrons. The molecule has 0 aromatic heterocycles. The molecule has 2 aromatic rings. The maximum atomic E-state index is 12.5. The molecular weight excluding hydrogens is 302 g/mol. The zero-order valence-corrected chi connectivity index (χ0v) is 13.8. The molecule has 6 heteroatoms. The van der Waals surface area contributed by atoms with Gasteiger partial charge in [-0.05, 0) is 49.2 Å². The van der Waals surface area contributed by atoms with E-state index in [2.05, 4.69) is 4.72 Å². The SMILES string of the molecule is COc1ccc(S(=O)(=O)Nc2ccc(C)c(C)c2)c(OC)c1. The fourth-order valence-corrected chi connectivity index (χ4v) is 3.21. The van der Waals surface area contributed by atoms with Crippen molar-refractivity contribution in [1.29, 1.82) is 0 Å². The van der Waals surface area contributed by atoms with Gasteiger partial charge in [0.2, 0.25) is 0 Å². The van der Waals surface area contributed by atoms with Gasteiger partial charge in [-0.2, -0.15) is 0 Å². The van der Waals surface area contributed by atoms with Crippen molar-refractivity contribution >= 4 is 15.7 Å². The monoisotopic (exact) mass is 321 g/mol. The lowest BCUT2D eigenvalue weighted by Gasteiger charge is -2.13. The molecule has 0 spiro atoms. The minimum atomic E-state index is -3.74. The summed E-state index contributed by atoms with van der Waals surface area (Å²) >= 11 is 0.